The van der Waals surface area contributed by atoms with Gasteiger partial charge in [0, 0.05) is 29.2 Å². The number of aliphatic hydroxyl groups excluding tert-OH is 2. The van der Waals surface area contributed by atoms with Gasteiger partial charge in [0.2, 0.25) is 0 Å². The summed E-state index contributed by atoms with van der Waals surface area (Å²) in [6.45, 7) is 7.05. The van der Waals surface area contributed by atoms with Crippen LogP contribution in [-0.2, 0) is 30.9 Å². The Balaban J connectivity index is 0.878. The molecular formula is C78H96O7. The van der Waals surface area contributed by atoms with Crippen LogP contribution >= 0.6 is 0 Å². The van der Waals surface area contributed by atoms with Gasteiger partial charge in [0.1, 0.15) is 12.7 Å². The number of aryl methyl sites for hydroxylation is 1. The molecule has 2 heterocycles. The molecule has 85 heavy (non-hydrogen) atoms. The molecule has 0 aromatic heterocycles. The average molecular weight is 1150 g/mol. The molecule has 0 radical (unpaired) electrons. The molecule has 7 nitrogen and oxygen atoms in total. The van der Waals surface area contributed by atoms with Crippen molar-refractivity contribution in [2.24, 2.45) is 69.0 Å². The Kier molecular flexibility index (Phi) is 14.4. The standard InChI is InChI=1S/C78H96O7/c1-49(18-16-21-51-19-6-4-7-20-51)42-55-30-29-53-22-10-11-26-58(53)72(82)85-64-43-50(2)77(83,41-33-52-44-66(80)84-47-52)78(71(55)81)65(79)35-39-73(3,70(64)78)57-34-40-76-48-74(36-14-15-37-74)63-46-75(56-24-8-5-9-25-56)38-13-12-28-61(75)60-32-31-54-23-17-27-59(62(76)45-57)67(54)68(60)69(63)76/h4-9,17,19-20,23-25,27,31-32,44,49-50,53,55,57-58,61-65,69-71,79,81,83H,10-16,18,21-22,26,28,33-43,45-48H2,1-3H3. The summed E-state index contributed by atoms with van der Waals surface area (Å²) in [5.41, 5.74) is 5.48. The smallest absolute Gasteiger partial charge is 0.331 e. The van der Waals surface area contributed by atoms with E-state index in [1.54, 1.807) is 33.7 Å². The third kappa shape index (κ3) is 8.62. The quantitative estimate of drug-likeness (QED) is 0.101. The maximum absolute atomic E-state index is 15.4. The Hall–Kier alpha value is -4.74. The molecular weight excluding hydrogens is 1050 g/mol. The Bertz CT molecular complexity index is 3290. The van der Waals surface area contributed by atoms with Crippen molar-refractivity contribution in [2.45, 2.75) is 235 Å². The minimum absolute atomic E-state index is 0.0870. The van der Waals surface area contributed by atoms with Crippen LogP contribution in [0.3, 0.4) is 0 Å². The van der Waals surface area contributed by atoms with Crippen molar-refractivity contribution in [3.63, 3.8) is 0 Å². The maximum Gasteiger partial charge on any atom is 0.331 e. The van der Waals surface area contributed by atoms with E-state index in [1.165, 1.54) is 75.2 Å². The molecule has 11 aliphatic rings. The largest absolute Gasteiger partial charge is 0.462 e. The van der Waals surface area contributed by atoms with E-state index in [4.69, 9.17) is 9.47 Å². The first kappa shape index (κ1) is 56.7. The summed E-state index contributed by atoms with van der Waals surface area (Å²) in [4.78, 5) is 28.1. The van der Waals surface area contributed by atoms with Crippen LogP contribution in [0.25, 0.3) is 10.8 Å². The lowest BCUT2D eigenvalue weighted by Crippen LogP contribution is -2.77. The zero-order valence-electron chi connectivity index (χ0n) is 51.4. The molecule has 2 aliphatic heterocycles. The van der Waals surface area contributed by atoms with Crippen molar-refractivity contribution in [1.29, 1.82) is 0 Å². The van der Waals surface area contributed by atoms with Crippen LogP contribution in [0.2, 0.25) is 0 Å². The molecule has 4 aromatic rings. The number of hydrogen-bond acceptors (Lipinski definition) is 7. The Morgan fingerprint density at radius 3 is 2.33 bits per heavy atom. The minimum atomic E-state index is -1.62. The predicted molar refractivity (Wildman–Crippen MR) is 334 cm³/mol. The van der Waals surface area contributed by atoms with Gasteiger partial charge in [0.25, 0.3) is 0 Å². The lowest BCUT2D eigenvalue weighted by Gasteiger charge is -2.71. The van der Waals surface area contributed by atoms with E-state index in [0.717, 1.165) is 69.8 Å². The summed E-state index contributed by atoms with van der Waals surface area (Å²) in [7, 11) is 0. The van der Waals surface area contributed by atoms with Crippen molar-refractivity contribution in [3.8, 4) is 11.8 Å². The number of carbonyl (C=O) groups is 2. The fourth-order valence-corrected chi connectivity index (χ4v) is 24.0. The van der Waals surface area contributed by atoms with Gasteiger partial charge in [-0.2, -0.15) is 0 Å². The number of cyclic esters (lactones) is 1. The van der Waals surface area contributed by atoms with Gasteiger partial charge in [-0.15, -0.1) is 0 Å². The van der Waals surface area contributed by atoms with Crippen LogP contribution in [0.5, 0.6) is 0 Å². The Labute approximate surface area is 507 Å². The van der Waals surface area contributed by atoms with E-state index in [-0.39, 0.29) is 59.5 Å². The van der Waals surface area contributed by atoms with Crippen LogP contribution in [-0.4, -0.2) is 57.8 Å². The van der Waals surface area contributed by atoms with Crippen molar-refractivity contribution in [2.75, 3.05) is 6.61 Å². The second-order valence-electron chi connectivity index (χ2n) is 31.1. The third-order valence-corrected chi connectivity index (χ3v) is 27.5. The van der Waals surface area contributed by atoms with Gasteiger partial charge in [-0.1, -0.05) is 169 Å². The first-order chi connectivity index (χ1) is 41.2. The number of aliphatic hydroxyl groups is 3. The fraction of sp³-hybridized carbons (Fsp3) is 0.641. The molecule has 19 unspecified atom stereocenters. The van der Waals surface area contributed by atoms with E-state index >= 15 is 4.79 Å². The van der Waals surface area contributed by atoms with Crippen LogP contribution in [0.15, 0.2) is 103 Å². The number of rotatable bonds is 11. The first-order valence-corrected chi connectivity index (χ1v) is 34.5. The molecule has 9 aliphatic carbocycles. The molecule has 3 N–H and O–H groups in total. The topological polar surface area (TPSA) is 113 Å². The zero-order valence-corrected chi connectivity index (χ0v) is 51.4. The van der Waals surface area contributed by atoms with Crippen LogP contribution in [0.1, 0.15) is 227 Å². The van der Waals surface area contributed by atoms with Gasteiger partial charge in [0.05, 0.1) is 29.1 Å². The summed E-state index contributed by atoms with van der Waals surface area (Å²) < 4.78 is 12.8. The Morgan fingerprint density at radius 1 is 0.753 bits per heavy atom. The van der Waals surface area contributed by atoms with Gasteiger partial charge in [-0.3, -0.25) is 4.79 Å². The number of carbonyl (C=O) groups excluding carboxylic acids is 2. The van der Waals surface area contributed by atoms with Crippen LogP contribution in [0, 0.1) is 80.8 Å². The molecule has 15 rings (SSSR count). The summed E-state index contributed by atoms with van der Waals surface area (Å²) in [6, 6.07) is 35.0. The summed E-state index contributed by atoms with van der Waals surface area (Å²) in [6.07, 6.45) is 24.0. The first-order valence-electron chi connectivity index (χ1n) is 34.5. The van der Waals surface area contributed by atoms with E-state index in [9.17, 15) is 20.1 Å². The molecule has 7 fully saturated rings. The van der Waals surface area contributed by atoms with E-state index in [0.29, 0.717) is 61.2 Å². The second kappa shape index (κ2) is 21.5. The van der Waals surface area contributed by atoms with Crippen LogP contribution in [0.4, 0.5) is 0 Å². The minimum Gasteiger partial charge on any atom is -0.462 e. The van der Waals surface area contributed by atoms with E-state index in [2.05, 4.69) is 124 Å². The fourth-order valence-electron chi connectivity index (χ4n) is 24.0. The van der Waals surface area contributed by atoms with Gasteiger partial charge < -0.3 is 24.8 Å². The summed E-state index contributed by atoms with van der Waals surface area (Å²) >= 11 is 0. The zero-order chi connectivity index (χ0) is 58.1. The van der Waals surface area contributed by atoms with Crippen molar-refractivity contribution in [1.82, 2.24) is 0 Å². The molecule has 19 atom stereocenters. The van der Waals surface area contributed by atoms with Gasteiger partial charge >= 0.3 is 11.9 Å². The maximum atomic E-state index is 15.4. The van der Waals surface area contributed by atoms with Crippen molar-refractivity contribution in [3.05, 3.63) is 130 Å². The molecule has 0 amide bonds. The van der Waals surface area contributed by atoms with Gasteiger partial charge in [-0.05, 0) is 224 Å². The third-order valence-electron chi connectivity index (χ3n) is 27.5. The molecule has 0 saturated heterocycles. The summed E-state index contributed by atoms with van der Waals surface area (Å²) in [5.74, 6) is 7.06. The van der Waals surface area contributed by atoms with Crippen LogP contribution < -0.4 is 0 Å². The highest BCUT2D eigenvalue weighted by molar-refractivity contribution is 5.93. The lowest BCUT2D eigenvalue weighted by atomic mass is 9.36. The monoisotopic (exact) mass is 1140 g/mol. The van der Waals surface area contributed by atoms with Crippen molar-refractivity contribution >= 4 is 22.7 Å². The van der Waals surface area contributed by atoms with Gasteiger partial charge in [-0.25, -0.2) is 4.79 Å². The molecule has 450 valence electrons. The predicted octanol–water partition coefficient (Wildman–Crippen LogP) is 15.9. The molecule has 4 aromatic carbocycles. The van der Waals surface area contributed by atoms with Gasteiger partial charge in [0.15, 0.2) is 0 Å². The number of benzene rings is 4. The number of esters is 2. The number of ether oxygens (including phenoxy) is 2. The second-order valence-corrected chi connectivity index (χ2v) is 31.1. The molecule has 7 heteroatoms. The highest BCUT2D eigenvalue weighted by Crippen LogP contribution is 2.81. The Morgan fingerprint density at radius 2 is 1.53 bits per heavy atom. The lowest BCUT2D eigenvalue weighted by molar-refractivity contribution is -0.331. The highest BCUT2D eigenvalue weighted by atomic mass is 16.5. The molecule has 2 bridgehead atoms. The number of fused-ring (bicyclic) bond motifs is 5. The number of hydrogen-bond donors (Lipinski definition) is 3. The average Bonchev–Trinajstić information content (AvgIpc) is 1.69. The highest BCUT2D eigenvalue weighted by Gasteiger charge is 2.77. The SMILES string of the molecule is CC(CCCc1ccccc1)CC1C#CC2CCCCC2C(=O)OC2CC(C)C(O)(CCC3=CC(=O)OC3)C3(C(O)CCC(C)(C4CCC56CC7(CCCC7)C7CC8(c9ccccc9)CCCCC8c8ccc9cccc(c9c8C75)C6C4)C23)C1O. The molecule has 2 spiro atoms. The molecule has 7 saturated carbocycles. The van der Waals surface area contributed by atoms with E-state index < -0.39 is 52.5 Å². The van der Waals surface area contributed by atoms with Crippen molar-refractivity contribution < 1.29 is 34.4 Å². The van der Waals surface area contributed by atoms with E-state index in [1.807, 2.05) is 0 Å². The summed E-state index contributed by atoms with van der Waals surface area (Å²) in [5, 5.41) is 45.8. The normalized spacial score (nSPS) is 41.5.